The summed E-state index contributed by atoms with van der Waals surface area (Å²) in [6, 6.07) is 7.70. The van der Waals surface area contributed by atoms with Gasteiger partial charge in [0, 0.05) is 50.7 Å². The highest BCUT2D eigenvalue weighted by Gasteiger charge is 2.33. The zero-order valence-corrected chi connectivity index (χ0v) is 20.4. The number of hydrogen-bond donors (Lipinski definition) is 0. The molecule has 0 bridgehead atoms. The Morgan fingerprint density at radius 2 is 1.82 bits per heavy atom. The molecule has 10 heteroatoms. The fourth-order valence-corrected chi connectivity index (χ4v) is 6.79. The van der Waals surface area contributed by atoms with E-state index in [1.54, 1.807) is 12.5 Å². The number of anilines is 1. The van der Waals surface area contributed by atoms with Gasteiger partial charge in [-0.2, -0.15) is 5.10 Å². The molecule has 0 N–H and O–H groups in total. The van der Waals surface area contributed by atoms with E-state index in [-0.39, 0.29) is 23.5 Å². The number of sulfone groups is 1. The summed E-state index contributed by atoms with van der Waals surface area (Å²) in [5.74, 6) is 0.447. The highest BCUT2D eigenvalue weighted by molar-refractivity contribution is 7.91. The smallest absolute Gasteiger partial charge is 0.253 e. The Morgan fingerprint density at radius 1 is 1.09 bits per heavy atom. The Kier molecular flexibility index (Phi) is 5.93. The van der Waals surface area contributed by atoms with Crippen molar-refractivity contribution in [3.63, 3.8) is 0 Å². The van der Waals surface area contributed by atoms with Crippen LogP contribution in [0.3, 0.4) is 0 Å². The Labute approximate surface area is 199 Å². The predicted molar refractivity (Wildman–Crippen MR) is 130 cm³/mol. The molecule has 0 aliphatic carbocycles. The molecule has 0 radical (unpaired) electrons. The molecule has 34 heavy (non-hydrogen) atoms. The van der Waals surface area contributed by atoms with Gasteiger partial charge in [-0.3, -0.25) is 9.48 Å². The van der Waals surface area contributed by atoms with Crippen LogP contribution in [-0.4, -0.2) is 76.2 Å². The fourth-order valence-electron chi connectivity index (χ4n) is 5.10. The Balaban J connectivity index is 1.22. The topological polar surface area (TPSA) is 93.3 Å². The van der Waals surface area contributed by atoms with Gasteiger partial charge in [-0.1, -0.05) is 12.1 Å². The van der Waals surface area contributed by atoms with Crippen LogP contribution >= 0.6 is 0 Å². The van der Waals surface area contributed by atoms with Crippen LogP contribution in [0.2, 0.25) is 0 Å². The average molecular weight is 483 g/mol. The number of benzene rings is 1. The molecule has 180 valence electrons. The van der Waals surface area contributed by atoms with Crippen LogP contribution in [0.1, 0.15) is 39.8 Å². The molecular formula is C24H30N6O3S. The third kappa shape index (κ3) is 4.46. The zero-order chi connectivity index (χ0) is 23.9. The Morgan fingerprint density at radius 3 is 2.44 bits per heavy atom. The summed E-state index contributed by atoms with van der Waals surface area (Å²) in [7, 11) is -2.97. The fraction of sp³-hybridized carbons (Fsp3) is 0.458. The predicted octanol–water partition coefficient (Wildman–Crippen LogP) is 2.07. The van der Waals surface area contributed by atoms with Crippen molar-refractivity contribution in [3.8, 4) is 0 Å². The van der Waals surface area contributed by atoms with E-state index in [9.17, 15) is 13.2 Å². The lowest BCUT2D eigenvalue weighted by atomic mass is 10.1. The van der Waals surface area contributed by atoms with E-state index in [1.807, 2.05) is 58.5 Å². The van der Waals surface area contributed by atoms with E-state index in [0.717, 1.165) is 42.3 Å². The van der Waals surface area contributed by atoms with E-state index in [0.29, 0.717) is 25.1 Å². The van der Waals surface area contributed by atoms with E-state index in [2.05, 4.69) is 9.88 Å². The largest absolute Gasteiger partial charge is 0.365 e. The number of nitrogens with zero attached hydrogens (tertiary/aromatic N) is 6. The van der Waals surface area contributed by atoms with Crippen LogP contribution in [0.5, 0.6) is 0 Å². The first-order valence-electron chi connectivity index (χ1n) is 11.7. The minimum absolute atomic E-state index is 0.0501. The van der Waals surface area contributed by atoms with E-state index >= 15 is 0 Å². The van der Waals surface area contributed by atoms with Gasteiger partial charge in [0.2, 0.25) is 0 Å². The van der Waals surface area contributed by atoms with E-state index in [1.165, 1.54) is 0 Å². The monoisotopic (exact) mass is 482 g/mol. The number of imidazole rings is 1. The number of amides is 1. The van der Waals surface area contributed by atoms with Gasteiger partial charge < -0.3 is 14.4 Å². The molecule has 9 nitrogen and oxygen atoms in total. The van der Waals surface area contributed by atoms with Crippen molar-refractivity contribution in [2.75, 3.05) is 42.6 Å². The lowest BCUT2D eigenvalue weighted by Gasteiger charge is -2.36. The quantitative estimate of drug-likeness (QED) is 0.553. The van der Waals surface area contributed by atoms with Gasteiger partial charge >= 0.3 is 0 Å². The number of hydrogen-bond acceptors (Lipinski definition) is 6. The maximum absolute atomic E-state index is 13.1. The van der Waals surface area contributed by atoms with Crippen molar-refractivity contribution in [1.82, 2.24) is 24.2 Å². The molecule has 0 spiro atoms. The second-order valence-electron chi connectivity index (χ2n) is 9.23. The highest BCUT2D eigenvalue weighted by atomic mass is 32.2. The van der Waals surface area contributed by atoms with Crippen LogP contribution < -0.4 is 4.90 Å². The van der Waals surface area contributed by atoms with Crippen molar-refractivity contribution >= 4 is 21.4 Å². The van der Waals surface area contributed by atoms with Crippen molar-refractivity contribution < 1.29 is 13.2 Å². The highest BCUT2D eigenvalue weighted by Crippen LogP contribution is 2.31. The maximum Gasteiger partial charge on any atom is 0.253 e. The molecule has 1 amide bonds. The van der Waals surface area contributed by atoms with E-state index < -0.39 is 9.84 Å². The molecule has 1 atom stereocenters. The molecule has 3 aromatic rings. The van der Waals surface area contributed by atoms with Gasteiger partial charge in [-0.25, -0.2) is 13.4 Å². The van der Waals surface area contributed by atoms with Gasteiger partial charge in [0.25, 0.3) is 5.91 Å². The molecule has 2 aromatic heterocycles. The summed E-state index contributed by atoms with van der Waals surface area (Å²) in [5.41, 5.74) is 4.81. The van der Waals surface area contributed by atoms with Crippen LogP contribution in [0.15, 0.2) is 43.0 Å². The van der Waals surface area contributed by atoms with Crippen molar-refractivity contribution in [2.24, 2.45) is 0 Å². The number of piperazine rings is 1. The van der Waals surface area contributed by atoms with Gasteiger partial charge in [0.15, 0.2) is 9.84 Å². The molecule has 2 aliphatic rings. The molecule has 2 saturated heterocycles. The second kappa shape index (κ2) is 8.90. The second-order valence-corrected chi connectivity index (χ2v) is 11.5. The number of carbonyl (C=O) groups excluding carboxylic acids is 1. The number of carbonyl (C=O) groups is 1. The number of aromatic nitrogens is 4. The first-order chi connectivity index (χ1) is 16.3. The third-order valence-electron chi connectivity index (χ3n) is 6.85. The summed E-state index contributed by atoms with van der Waals surface area (Å²) < 4.78 is 27.8. The summed E-state index contributed by atoms with van der Waals surface area (Å²) in [6.07, 6.45) is 6.07. The Hall–Kier alpha value is -3.14. The number of aryl methyl sites for hydroxylation is 1. The van der Waals surface area contributed by atoms with Crippen LogP contribution in [-0.2, 0) is 16.4 Å². The summed E-state index contributed by atoms with van der Waals surface area (Å²) in [4.78, 5) is 21.3. The van der Waals surface area contributed by atoms with Crippen molar-refractivity contribution in [1.29, 1.82) is 0 Å². The van der Waals surface area contributed by atoms with E-state index in [4.69, 9.17) is 5.10 Å². The normalized spacial score (nSPS) is 20.1. The molecule has 1 unspecified atom stereocenters. The van der Waals surface area contributed by atoms with Gasteiger partial charge in [-0.05, 0) is 38.0 Å². The first-order valence-corrected chi connectivity index (χ1v) is 13.5. The summed E-state index contributed by atoms with van der Waals surface area (Å²) in [6.45, 7) is 7.44. The molecule has 2 fully saturated rings. The first kappa shape index (κ1) is 22.6. The average Bonchev–Trinajstić information content (AvgIpc) is 3.53. The van der Waals surface area contributed by atoms with Gasteiger partial charge in [0.1, 0.15) is 0 Å². The summed E-state index contributed by atoms with van der Waals surface area (Å²) in [5, 5.41) is 4.69. The standard InChI is InChI=1S/C24H30N6O3S/c1-18-23(19(2)30(26-18)22-7-14-34(32,33)16-22)28-10-12-29(13-11-28)24(31)21-5-3-20(4-6-21)15-27-9-8-25-17-27/h3-6,8-9,17,22H,7,10-16H2,1-2H3. The molecule has 1 aromatic carbocycles. The lowest BCUT2D eigenvalue weighted by Crippen LogP contribution is -2.49. The third-order valence-corrected chi connectivity index (χ3v) is 8.60. The SMILES string of the molecule is Cc1nn(C2CCS(=O)(=O)C2)c(C)c1N1CCN(C(=O)c2ccc(Cn3ccnc3)cc2)CC1. The van der Waals surface area contributed by atoms with Crippen molar-refractivity contribution in [2.45, 2.75) is 32.9 Å². The molecule has 2 aliphatic heterocycles. The van der Waals surface area contributed by atoms with Crippen LogP contribution in [0.25, 0.3) is 0 Å². The molecule has 5 rings (SSSR count). The van der Waals surface area contributed by atoms with Crippen LogP contribution in [0.4, 0.5) is 5.69 Å². The van der Waals surface area contributed by atoms with Gasteiger partial charge in [0.05, 0.1) is 41.0 Å². The van der Waals surface area contributed by atoms with Gasteiger partial charge in [-0.15, -0.1) is 0 Å². The molecular weight excluding hydrogens is 452 g/mol. The van der Waals surface area contributed by atoms with Crippen molar-refractivity contribution in [3.05, 3.63) is 65.5 Å². The lowest BCUT2D eigenvalue weighted by molar-refractivity contribution is 0.0746. The minimum atomic E-state index is -2.97. The molecule has 4 heterocycles. The summed E-state index contributed by atoms with van der Waals surface area (Å²) >= 11 is 0. The number of rotatable bonds is 5. The van der Waals surface area contributed by atoms with Crippen LogP contribution in [0, 0.1) is 13.8 Å². The Bertz CT molecular complexity index is 1270. The maximum atomic E-state index is 13.1. The zero-order valence-electron chi connectivity index (χ0n) is 19.6. The molecule has 0 saturated carbocycles. The minimum Gasteiger partial charge on any atom is -0.365 e.